The van der Waals surface area contributed by atoms with Crippen molar-refractivity contribution in [3.8, 4) is 11.4 Å². The topological polar surface area (TPSA) is 122 Å². The average Bonchev–Trinajstić information content (AvgIpc) is 3.31. The molecular formula is C31H32FN3O6. The molecule has 1 fully saturated rings. The molecule has 9 nitrogen and oxygen atoms in total. The van der Waals surface area contributed by atoms with E-state index in [1.54, 1.807) is 36.4 Å². The Labute approximate surface area is 235 Å². The fraction of sp³-hybridized carbons (Fsp3) is 0.484. The summed E-state index contributed by atoms with van der Waals surface area (Å²) >= 11 is 0. The number of rotatable bonds is 4. The van der Waals surface area contributed by atoms with Gasteiger partial charge < -0.3 is 24.4 Å². The van der Waals surface area contributed by atoms with Crippen LogP contribution in [0.2, 0.25) is 0 Å². The first-order valence-corrected chi connectivity index (χ1v) is 14.3. The average molecular weight is 562 g/mol. The first-order valence-electron chi connectivity index (χ1n) is 14.3. The van der Waals surface area contributed by atoms with Gasteiger partial charge in [-0.3, -0.25) is 9.59 Å². The Bertz CT molecular complexity index is 1750. The van der Waals surface area contributed by atoms with Crippen LogP contribution >= 0.6 is 0 Å². The van der Waals surface area contributed by atoms with Gasteiger partial charge in [-0.05, 0) is 61.8 Å². The molecule has 41 heavy (non-hydrogen) atoms. The summed E-state index contributed by atoms with van der Waals surface area (Å²) < 4.78 is 21.9. The number of hydrogen-bond acceptors (Lipinski definition) is 7. The van der Waals surface area contributed by atoms with E-state index in [2.05, 4.69) is 0 Å². The van der Waals surface area contributed by atoms with Gasteiger partial charge in [0.25, 0.3) is 5.56 Å². The largest absolute Gasteiger partial charge is 0.458 e. The summed E-state index contributed by atoms with van der Waals surface area (Å²) in [6.07, 6.45) is 3.31. The number of aryl methyl sites for hydroxylation is 1. The van der Waals surface area contributed by atoms with E-state index in [1.807, 2.05) is 0 Å². The number of benzene rings is 1. The molecule has 1 saturated carbocycles. The zero-order chi connectivity index (χ0) is 29.0. The molecule has 2 aliphatic carbocycles. The quantitative estimate of drug-likeness (QED) is 0.367. The van der Waals surface area contributed by atoms with Crippen LogP contribution in [0.4, 0.5) is 4.39 Å². The van der Waals surface area contributed by atoms with Gasteiger partial charge in [0, 0.05) is 29.6 Å². The van der Waals surface area contributed by atoms with E-state index < -0.39 is 17.0 Å². The number of fused-ring (bicyclic) bond motifs is 5. The molecule has 2 N–H and O–H groups in total. The molecule has 0 spiro atoms. The number of aliphatic hydroxyl groups is 2. The van der Waals surface area contributed by atoms with Crippen molar-refractivity contribution in [3.63, 3.8) is 0 Å². The first-order chi connectivity index (χ1) is 19.6. The van der Waals surface area contributed by atoms with Crippen LogP contribution in [0.1, 0.15) is 78.5 Å². The van der Waals surface area contributed by atoms with Gasteiger partial charge in [0.15, 0.2) is 5.60 Å². The minimum Gasteiger partial charge on any atom is -0.458 e. The maximum Gasteiger partial charge on any atom is 0.343 e. The number of esters is 1. The summed E-state index contributed by atoms with van der Waals surface area (Å²) in [5.74, 6) is -1.27. The highest BCUT2D eigenvalue weighted by Gasteiger charge is 2.48. The number of cyclic esters (lactones) is 1. The third kappa shape index (κ3) is 3.28. The first kappa shape index (κ1) is 26.3. The molecular weight excluding hydrogens is 529 g/mol. The summed E-state index contributed by atoms with van der Waals surface area (Å²) in [4.78, 5) is 46.7. The monoisotopic (exact) mass is 561 g/mol. The SMILES string of the molecule is CC[C@@]1(O)C(=O)OCc2c1cc1n(c2=O)Cc2c-1nc1cc(F)c(C)c3c1c2[C@@H](N(C)C(=O)C1(CO)CCC1)CC3. The number of carbonyl (C=O) groups excluding carboxylic acids is 2. The smallest absolute Gasteiger partial charge is 0.343 e. The molecule has 0 saturated heterocycles. The molecule has 2 aromatic heterocycles. The Morgan fingerprint density at radius 2 is 2.00 bits per heavy atom. The molecule has 10 heteroatoms. The second-order valence-corrected chi connectivity index (χ2v) is 12.1. The van der Waals surface area contributed by atoms with Gasteiger partial charge in [-0.2, -0.15) is 0 Å². The molecule has 2 atom stereocenters. The van der Waals surface area contributed by atoms with Crippen LogP contribution in [-0.2, 0) is 39.5 Å². The maximum absolute atomic E-state index is 15.1. The van der Waals surface area contributed by atoms with Crippen molar-refractivity contribution < 1.29 is 28.9 Å². The van der Waals surface area contributed by atoms with Crippen molar-refractivity contribution in [1.29, 1.82) is 0 Å². The highest BCUT2D eigenvalue weighted by molar-refractivity contribution is 5.94. The van der Waals surface area contributed by atoms with E-state index in [0.717, 1.165) is 28.5 Å². The standard InChI is InChI=1S/C31H32FN3O6/c1-4-31(40)19-10-23-26-17(12-35(23)27(37)18(19)13-41-29(31)39)25-22(34(3)28(38)30(14-36)8-5-9-30)7-6-16-15(2)20(32)11-21(33-26)24(16)25/h10-11,22,36,40H,4-9,12-14H2,1-3H3/t22-,31-/m0/s1. The van der Waals surface area contributed by atoms with Crippen LogP contribution < -0.4 is 5.56 Å². The second kappa shape index (κ2) is 8.69. The van der Waals surface area contributed by atoms with Crippen molar-refractivity contribution >= 4 is 22.8 Å². The van der Waals surface area contributed by atoms with Crippen LogP contribution in [0.25, 0.3) is 22.3 Å². The van der Waals surface area contributed by atoms with Crippen molar-refractivity contribution in [2.75, 3.05) is 13.7 Å². The Morgan fingerprint density at radius 3 is 2.66 bits per heavy atom. The van der Waals surface area contributed by atoms with Crippen LogP contribution in [0.5, 0.6) is 0 Å². The van der Waals surface area contributed by atoms with E-state index in [9.17, 15) is 24.6 Å². The van der Waals surface area contributed by atoms with Crippen molar-refractivity contribution in [2.24, 2.45) is 5.41 Å². The van der Waals surface area contributed by atoms with Gasteiger partial charge in [0.1, 0.15) is 12.4 Å². The van der Waals surface area contributed by atoms with Crippen molar-refractivity contribution in [3.05, 3.63) is 61.7 Å². The predicted molar refractivity (Wildman–Crippen MR) is 146 cm³/mol. The van der Waals surface area contributed by atoms with Gasteiger partial charge in [0.05, 0.1) is 47.1 Å². The number of halogens is 1. The van der Waals surface area contributed by atoms with Crippen molar-refractivity contribution in [2.45, 2.75) is 77.2 Å². The lowest BCUT2D eigenvalue weighted by molar-refractivity contribution is -0.172. The summed E-state index contributed by atoms with van der Waals surface area (Å²) in [5, 5.41) is 22.2. The lowest BCUT2D eigenvalue weighted by Crippen LogP contribution is -2.50. The lowest BCUT2D eigenvalue weighted by atomic mass is 9.68. The number of aromatic nitrogens is 2. The molecule has 1 aromatic carbocycles. The summed E-state index contributed by atoms with van der Waals surface area (Å²) in [6, 6.07) is 2.69. The Kier molecular flexibility index (Phi) is 5.57. The highest BCUT2D eigenvalue weighted by atomic mass is 19.1. The molecule has 0 bridgehead atoms. The molecule has 7 rings (SSSR count). The number of amides is 1. The molecule has 0 radical (unpaired) electrons. The van der Waals surface area contributed by atoms with E-state index in [-0.39, 0.29) is 60.6 Å². The molecule has 214 valence electrons. The van der Waals surface area contributed by atoms with E-state index in [1.165, 1.54) is 6.07 Å². The second-order valence-electron chi connectivity index (χ2n) is 12.1. The zero-order valence-electron chi connectivity index (χ0n) is 23.3. The number of hydrogen-bond donors (Lipinski definition) is 2. The zero-order valence-corrected chi connectivity index (χ0v) is 23.3. The molecule has 1 amide bonds. The van der Waals surface area contributed by atoms with Gasteiger partial charge in [-0.15, -0.1) is 0 Å². The fourth-order valence-electron chi connectivity index (χ4n) is 7.48. The predicted octanol–water partition coefficient (Wildman–Crippen LogP) is 3.14. The van der Waals surface area contributed by atoms with Gasteiger partial charge in [-0.1, -0.05) is 13.3 Å². The van der Waals surface area contributed by atoms with E-state index in [4.69, 9.17) is 9.72 Å². The van der Waals surface area contributed by atoms with Crippen LogP contribution in [0.3, 0.4) is 0 Å². The molecule has 4 aliphatic rings. The maximum atomic E-state index is 15.1. The third-order valence-electron chi connectivity index (χ3n) is 10.2. The van der Waals surface area contributed by atoms with Gasteiger partial charge in [-0.25, -0.2) is 14.2 Å². The van der Waals surface area contributed by atoms with Crippen LogP contribution in [-0.4, -0.2) is 50.2 Å². The summed E-state index contributed by atoms with van der Waals surface area (Å²) in [5.41, 5.74) is 1.70. The Balaban J connectivity index is 1.48. The molecule has 0 unspecified atom stereocenters. The van der Waals surface area contributed by atoms with Gasteiger partial charge >= 0.3 is 5.97 Å². The number of aliphatic hydroxyl groups excluding tert-OH is 1. The van der Waals surface area contributed by atoms with Gasteiger partial charge in [0.2, 0.25) is 5.91 Å². The van der Waals surface area contributed by atoms with Crippen molar-refractivity contribution in [1.82, 2.24) is 14.5 Å². The number of pyridine rings is 2. The minimum atomic E-state index is -1.96. The minimum absolute atomic E-state index is 0.0282. The summed E-state index contributed by atoms with van der Waals surface area (Å²) in [7, 11) is 1.76. The molecule has 4 heterocycles. The van der Waals surface area contributed by atoms with Crippen LogP contribution in [0, 0.1) is 18.2 Å². The highest BCUT2D eigenvalue weighted by Crippen LogP contribution is 2.49. The van der Waals surface area contributed by atoms with Crippen LogP contribution in [0.15, 0.2) is 16.9 Å². The number of ether oxygens (including phenoxy) is 1. The third-order valence-corrected chi connectivity index (χ3v) is 10.2. The van der Waals surface area contributed by atoms with E-state index >= 15 is 4.39 Å². The molecule has 3 aromatic rings. The number of carbonyl (C=O) groups is 2. The molecule has 2 aliphatic heterocycles. The van der Waals surface area contributed by atoms with E-state index in [0.29, 0.717) is 48.2 Å². The fourth-order valence-corrected chi connectivity index (χ4v) is 7.48. The normalized spacial score (nSPS) is 23.4. The summed E-state index contributed by atoms with van der Waals surface area (Å²) in [6.45, 7) is 3.15. The lowest BCUT2D eigenvalue weighted by Gasteiger charge is -2.44. The Morgan fingerprint density at radius 1 is 1.24 bits per heavy atom. The number of nitrogens with zero attached hydrogens (tertiary/aromatic N) is 3. The Hall–Kier alpha value is -3.63.